The number of anilines is 2. The van der Waals surface area contributed by atoms with Gasteiger partial charge in [0.1, 0.15) is 24.8 Å². The van der Waals surface area contributed by atoms with Gasteiger partial charge in [-0.1, -0.05) is 12.1 Å². The second-order valence-corrected chi connectivity index (χ2v) is 6.70. The lowest BCUT2D eigenvalue weighted by Gasteiger charge is -2.19. The van der Waals surface area contributed by atoms with E-state index in [4.69, 9.17) is 15.2 Å². The molecule has 30 heavy (non-hydrogen) atoms. The Bertz CT molecular complexity index is 1310. The van der Waals surface area contributed by atoms with Crippen LogP contribution in [-0.4, -0.2) is 33.7 Å². The number of aromatic nitrogens is 3. The number of nitriles is 1. The van der Waals surface area contributed by atoms with Gasteiger partial charge in [0, 0.05) is 22.9 Å². The molecule has 0 saturated heterocycles. The average Bonchev–Trinajstić information content (AvgIpc) is 3.33. The predicted molar refractivity (Wildman–Crippen MR) is 109 cm³/mol. The van der Waals surface area contributed by atoms with E-state index in [1.165, 1.54) is 6.20 Å². The highest BCUT2D eigenvalue weighted by molar-refractivity contribution is 5.93. The van der Waals surface area contributed by atoms with Crippen molar-refractivity contribution < 1.29 is 14.3 Å². The molecule has 0 bridgehead atoms. The van der Waals surface area contributed by atoms with Crippen LogP contribution in [0.5, 0.6) is 11.5 Å². The third kappa shape index (κ3) is 2.87. The van der Waals surface area contributed by atoms with Crippen LogP contribution < -0.4 is 20.5 Å². The third-order valence-corrected chi connectivity index (χ3v) is 4.84. The van der Waals surface area contributed by atoms with Crippen molar-refractivity contribution in [2.75, 3.05) is 18.5 Å². The monoisotopic (exact) mass is 400 g/mol. The van der Waals surface area contributed by atoms with Gasteiger partial charge in [0.15, 0.2) is 23.0 Å². The van der Waals surface area contributed by atoms with Gasteiger partial charge in [0.05, 0.1) is 11.9 Å². The molecule has 1 amide bonds. The fraction of sp³-hybridized carbons (Fsp3) is 0.0952. The summed E-state index contributed by atoms with van der Waals surface area (Å²) in [6, 6.07) is 14.6. The molecule has 4 aromatic rings. The SMILES string of the molecule is N#Cc1cnn2c(Nc3ccc4c(c3)OCCO4)c(-c3ccc(C(N)=O)cc3)[nH]c12. The van der Waals surface area contributed by atoms with Crippen LogP contribution >= 0.6 is 0 Å². The van der Waals surface area contributed by atoms with E-state index in [9.17, 15) is 10.1 Å². The molecule has 148 valence electrons. The smallest absolute Gasteiger partial charge is 0.248 e. The number of carbonyl (C=O) groups is 1. The molecular formula is C21H16N6O3. The molecule has 0 fully saturated rings. The maximum absolute atomic E-state index is 11.4. The van der Waals surface area contributed by atoms with Crippen molar-refractivity contribution in [1.82, 2.24) is 14.6 Å². The van der Waals surface area contributed by atoms with Gasteiger partial charge in [0.25, 0.3) is 0 Å². The first-order valence-corrected chi connectivity index (χ1v) is 9.21. The van der Waals surface area contributed by atoms with Gasteiger partial charge in [-0.15, -0.1) is 0 Å². The summed E-state index contributed by atoms with van der Waals surface area (Å²) in [6.45, 7) is 1.01. The number of hydrogen-bond acceptors (Lipinski definition) is 6. The Kier molecular flexibility index (Phi) is 4.03. The van der Waals surface area contributed by atoms with Crippen LogP contribution in [0.3, 0.4) is 0 Å². The molecular weight excluding hydrogens is 384 g/mol. The van der Waals surface area contributed by atoms with Gasteiger partial charge in [0.2, 0.25) is 5.91 Å². The Morgan fingerprint density at radius 1 is 1.17 bits per heavy atom. The zero-order valence-corrected chi connectivity index (χ0v) is 15.7. The maximum atomic E-state index is 11.4. The van der Waals surface area contributed by atoms with Crippen LogP contribution in [0.25, 0.3) is 16.9 Å². The number of benzene rings is 2. The predicted octanol–water partition coefficient (Wildman–Crippen LogP) is 2.81. The summed E-state index contributed by atoms with van der Waals surface area (Å²) < 4.78 is 12.9. The van der Waals surface area contributed by atoms with Crippen molar-refractivity contribution in [3.05, 3.63) is 59.8 Å². The number of aromatic amines is 1. The summed E-state index contributed by atoms with van der Waals surface area (Å²) in [5, 5.41) is 17.1. The lowest BCUT2D eigenvalue weighted by molar-refractivity contribution is 0.100. The van der Waals surface area contributed by atoms with E-state index >= 15 is 0 Å². The number of fused-ring (bicyclic) bond motifs is 2. The Balaban J connectivity index is 1.61. The fourth-order valence-electron chi connectivity index (χ4n) is 3.39. The van der Waals surface area contributed by atoms with Crippen LogP contribution in [0, 0.1) is 11.3 Å². The Morgan fingerprint density at radius 2 is 1.93 bits per heavy atom. The van der Waals surface area contributed by atoms with Crippen LogP contribution in [0.1, 0.15) is 15.9 Å². The number of nitrogens with one attached hydrogen (secondary N) is 2. The van der Waals surface area contributed by atoms with Crippen molar-refractivity contribution in [2.24, 2.45) is 5.73 Å². The molecule has 9 nitrogen and oxygen atoms in total. The number of ether oxygens (including phenoxy) is 2. The van der Waals surface area contributed by atoms with Crippen molar-refractivity contribution >= 4 is 23.1 Å². The highest BCUT2D eigenvalue weighted by Gasteiger charge is 2.19. The van der Waals surface area contributed by atoms with Gasteiger partial charge in [-0.3, -0.25) is 4.79 Å². The highest BCUT2D eigenvalue weighted by Crippen LogP contribution is 2.36. The molecule has 0 saturated carbocycles. The van der Waals surface area contributed by atoms with E-state index < -0.39 is 5.91 Å². The molecule has 4 N–H and O–H groups in total. The molecule has 1 aliphatic heterocycles. The normalized spacial score (nSPS) is 12.5. The van der Waals surface area contributed by atoms with Gasteiger partial charge in [-0.05, 0) is 24.3 Å². The lowest BCUT2D eigenvalue weighted by atomic mass is 10.1. The standard InChI is InChI=1S/C21H16N6O3/c22-10-14-11-24-27-20(14)26-18(12-1-3-13(4-2-12)19(23)28)21(27)25-15-5-6-16-17(9-15)30-8-7-29-16/h1-6,9,11,25-26H,7-8H2,(H2,23,28). The summed E-state index contributed by atoms with van der Waals surface area (Å²) in [5.41, 5.74) is 9.01. The maximum Gasteiger partial charge on any atom is 0.248 e. The van der Waals surface area contributed by atoms with Crippen molar-refractivity contribution in [3.8, 4) is 28.8 Å². The first-order chi connectivity index (χ1) is 14.6. The van der Waals surface area contributed by atoms with Crippen LogP contribution in [0.2, 0.25) is 0 Å². The Morgan fingerprint density at radius 3 is 2.67 bits per heavy atom. The van der Waals surface area contributed by atoms with Gasteiger partial charge < -0.3 is 25.5 Å². The molecule has 5 rings (SSSR count). The van der Waals surface area contributed by atoms with E-state index in [1.54, 1.807) is 28.8 Å². The molecule has 0 unspecified atom stereocenters. The zero-order valence-electron chi connectivity index (χ0n) is 15.7. The number of nitrogens with two attached hydrogens (primary N) is 1. The minimum Gasteiger partial charge on any atom is -0.486 e. The van der Waals surface area contributed by atoms with Gasteiger partial charge in [-0.2, -0.15) is 14.9 Å². The highest BCUT2D eigenvalue weighted by atomic mass is 16.6. The van der Waals surface area contributed by atoms with E-state index in [2.05, 4.69) is 21.5 Å². The van der Waals surface area contributed by atoms with E-state index in [0.29, 0.717) is 53.0 Å². The topological polar surface area (TPSA) is 130 Å². The summed E-state index contributed by atoms with van der Waals surface area (Å²) in [5.74, 6) is 1.49. The van der Waals surface area contributed by atoms with Crippen LogP contribution in [-0.2, 0) is 0 Å². The second-order valence-electron chi connectivity index (χ2n) is 6.70. The molecule has 0 spiro atoms. The van der Waals surface area contributed by atoms with Crippen molar-refractivity contribution in [1.29, 1.82) is 5.26 Å². The van der Waals surface area contributed by atoms with Gasteiger partial charge >= 0.3 is 0 Å². The molecule has 0 aliphatic carbocycles. The first kappa shape index (κ1) is 17.6. The quantitative estimate of drug-likeness (QED) is 0.483. The number of carbonyl (C=O) groups excluding carboxylic acids is 1. The summed E-state index contributed by atoms with van der Waals surface area (Å²) in [4.78, 5) is 14.6. The van der Waals surface area contributed by atoms with Crippen molar-refractivity contribution in [3.63, 3.8) is 0 Å². The number of nitrogens with zero attached hydrogens (tertiary/aromatic N) is 3. The second kappa shape index (κ2) is 6.86. The molecule has 9 heteroatoms. The third-order valence-electron chi connectivity index (χ3n) is 4.84. The first-order valence-electron chi connectivity index (χ1n) is 9.21. The number of hydrogen-bond donors (Lipinski definition) is 3. The van der Waals surface area contributed by atoms with Crippen molar-refractivity contribution in [2.45, 2.75) is 0 Å². The van der Waals surface area contributed by atoms with Crippen LogP contribution in [0.4, 0.5) is 11.5 Å². The summed E-state index contributed by atoms with van der Waals surface area (Å²) in [6.07, 6.45) is 1.50. The average molecular weight is 400 g/mol. The summed E-state index contributed by atoms with van der Waals surface area (Å²) in [7, 11) is 0. The molecule has 2 aromatic carbocycles. The fourth-order valence-corrected chi connectivity index (χ4v) is 3.39. The number of amides is 1. The molecule has 0 atom stereocenters. The Hall–Kier alpha value is -4.45. The van der Waals surface area contributed by atoms with E-state index in [-0.39, 0.29) is 0 Å². The largest absolute Gasteiger partial charge is 0.486 e. The minimum atomic E-state index is -0.496. The molecule has 3 heterocycles. The Labute approximate surface area is 170 Å². The van der Waals surface area contributed by atoms with E-state index in [1.807, 2.05) is 18.2 Å². The van der Waals surface area contributed by atoms with Gasteiger partial charge in [-0.25, -0.2) is 0 Å². The summed E-state index contributed by atoms with van der Waals surface area (Å²) >= 11 is 0. The molecule has 2 aromatic heterocycles. The van der Waals surface area contributed by atoms with Crippen LogP contribution in [0.15, 0.2) is 48.7 Å². The zero-order chi connectivity index (χ0) is 20.7. The van der Waals surface area contributed by atoms with E-state index in [0.717, 1.165) is 11.3 Å². The number of rotatable bonds is 4. The lowest BCUT2D eigenvalue weighted by Crippen LogP contribution is -2.15. The number of primary amides is 1. The number of imidazole rings is 1. The molecule has 1 aliphatic rings. The molecule has 0 radical (unpaired) electrons. The minimum absolute atomic E-state index is 0.411. The number of H-pyrrole nitrogens is 1.